The summed E-state index contributed by atoms with van der Waals surface area (Å²) in [6.07, 6.45) is 7.64. The molecule has 30 heavy (non-hydrogen) atoms. The Morgan fingerprint density at radius 1 is 0.900 bits per heavy atom. The van der Waals surface area contributed by atoms with Crippen molar-refractivity contribution >= 4 is 22.8 Å². The Kier molecular flexibility index (Phi) is 4.85. The molecule has 2 aromatic heterocycles. The number of nitrogens with zero attached hydrogens (tertiary/aromatic N) is 3. The van der Waals surface area contributed by atoms with Crippen LogP contribution in [0.4, 0.5) is 17.2 Å². The summed E-state index contributed by atoms with van der Waals surface area (Å²) in [5.74, 6) is 0.898. The highest BCUT2D eigenvalue weighted by atomic mass is 15.3. The van der Waals surface area contributed by atoms with Crippen LogP contribution in [0.1, 0.15) is 37.2 Å². The van der Waals surface area contributed by atoms with E-state index in [0.717, 1.165) is 48.3 Å². The van der Waals surface area contributed by atoms with Gasteiger partial charge in [-0.2, -0.15) is 0 Å². The lowest BCUT2D eigenvalue weighted by Crippen LogP contribution is -2.26. The van der Waals surface area contributed by atoms with Gasteiger partial charge < -0.3 is 16.8 Å². The highest BCUT2D eigenvalue weighted by Gasteiger charge is 2.27. The van der Waals surface area contributed by atoms with Gasteiger partial charge in [0.25, 0.3) is 0 Å². The first kappa shape index (κ1) is 18.6. The fraction of sp³-hybridized carbons (Fsp3) is 0.250. The topological polar surface area (TPSA) is 94.3 Å². The molecule has 0 atom stereocenters. The lowest BCUT2D eigenvalue weighted by Gasteiger charge is -2.28. The molecule has 0 aliphatic heterocycles. The third-order valence-electron chi connectivity index (χ3n) is 6.05. The van der Waals surface area contributed by atoms with E-state index in [2.05, 4.69) is 63.9 Å². The van der Waals surface area contributed by atoms with Gasteiger partial charge in [0.1, 0.15) is 5.82 Å². The van der Waals surface area contributed by atoms with Crippen LogP contribution in [-0.4, -0.2) is 20.6 Å². The van der Waals surface area contributed by atoms with Crippen molar-refractivity contribution in [1.82, 2.24) is 14.6 Å². The van der Waals surface area contributed by atoms with Crippen molar-refractivity contribution in [3.05, 3.63) is 72.6 Å². The van der Waals surface area contributed by atoms with Crippen LogP contribution >= 0.6 is 0 Å². The van der Waals surface area contributed by atoms with Crippen molar-refractivity contribution < 1.29 is 0 Å². The summed E-state index contributed by atoms with van der Waals surface area (Å²) in [5.41, 5.74) is 18.8. The Balaban J connectivity index is 1.52. The van der Waals surface area contributed by atoms with Crippen LogP contribution in [0.2, 0.25) is 0 Å². The van der Waals surface area contributed by atoms with Crippen LogP contribution in [0.3, 0.4) is 0 Å². The maximum absolute atomic E-state index is 6.43. The summed E-state index contributed by atoms with van der Waals surface area (Å²) in [4.78, 5) is 4.55. The predicted octanol–water partition coefficient (Wildman–Crippen LogP) is 4.71. The minimum Gasteiger partial charge on any atom is -0.382 e. The number of nitrogens with two attached hydrogens (primary N) is 2. The molecule has 2 heterocycles. The van der Waals surface area contributed by atoms with Crippen molar-refractivity contribution in [2.45, 2.75) is 37.6 Å². The molecule has 0 saturated heterocycles. The SMILES string of the molecule is Nc1nn2ccnc2c(Nc2ccc(-c3ccccc3)cc2)c1[C@H]1CC[C@@H](N)CC1. The summed E-state index contributed by atoms with van der Waals surface area (Å²) in [6.45, 7) is 0. The molecule has 5 N–H and O–H groups in total. The minimum absolute atomic E-state index is 0.285. The van der Waals surface area contributed by atoms with Crippen molar-refractivity contribution in [2.24, 2.45) is 5.73 Å². The van der Waals surface area contributed by atoms with Gasteiger partial charge in [-0.25, -0.2) is 9.50 Å². The molecule has 5 rings (SSSR count). The Morgan fingerprint density at radius 2 is 1.60 bits per heavy atom. The first-order valence-electron chi connectivity index (χ1n) is 10.5. The van der Waals surface area contributed by atoms with Crippen molar-refractivity contribution in [1.29, 1.82) is 0 Å². The summed E-state index contributed by atoms with van der Waals surface area (Å²) < 4.78 is 1.74. The van der Waals surface area contributed by atoms with E-state index < -0.39 is 0 Å². The number of benzene rings is 2. The van der Waals surface area contributed by atoms with Gasteiger partial charge in [-0.1, -0.05) is 42.5 Å². The zero-order valence-corrected chi connectivity index (χ0v) is 16.8. The highest BCUT2D eigenvalue weighted by molar-refractivity contribution is 5.81. The van der Waals surface area contributed by atoms with E-state index in [0.29, 0.717) is 11.7 Å². The summed E-state index contributed by atoms with van der Waals surface area (Å²) >= 11 is 0. The third-order valence-corrected chi connectivity index (χ3v) is 6.05. The molecule has 1 aliphatic carbocycles. The number of hydrogen-bond acceptors (Lipinski definition) is 5. The number of nitrogens with one attached hydrogen (secondary N) is 1. The number of rotatable bonds is 4. The second kappa shape index (κ2) is 7.80. The Morgan fingerprint density at radius 3 is 2.33 bits per heavy atom. The largest absolute Gasteiger partial charge is 0.382 e. The van der Waals surface area contributed by atoms with Crippen molar-refractivity contribution in [3.8, 4) is 11.1 Å². The fourth-order valence-electron chi connectivity index (χ4n) is 4.44. The van der Waals surface area contributed by atoms with Gasteiger partial charge in [-0.05, 0) is 54.9 Å². The Labute approximate surface area is 175 Å². The number of nitrogen functional groups attached to an aromatic ring is 1. The van der Waals surface area contributed by atoms with E-state index in [9.17, 15) is 0 Å². The molecule has 6 nitrogen and oxygen atoms in total. The van der Waals surface area contributed by atoms with E-state index in [1.54, 1.807) is 10.7 Å². The predicted molar refractivity (Wildman–Crippen MR) is 122 cm³/mol. The highest BCUT2D eigenvalue weighted by Crippen LogP contribution is 2.41. The van der Waals surface area contributed by atoms with Gasteiger partial charge in [0, 0.05) is 29.7 Å². The standard InChI is InChI=1S/C24H26N6/c25-19-10-6-18(7-11-19)21-22(24-27-14-15-30(24)29-23(21)26)28-20-12-8-17(9-13-20)16-4-2-1-3-5-16/h1-5,8-9,12-15,18-19,28H,6-7,10-11,25H2,(H2,26,29)/t18-,19+. The van der Waals surface area contributed by atoms with Crippen LogP contribution in [-0.2, 0) is 0 Å². The molecule has 1 fully saturated rings. The van der Waals surface area contributed by atoms with Gasteiger partial charge in [-0.3, -0.25) is 0 Å². The molecule has 0 unspecified atom stereocenters. The molecule has 6 heteroatoms. The third kappa shape index (κ3) is 3.50. The molecule has 0 radical (unpaired) electrons. The molecule has 1 aliphatic rings. The van der Waals surface area contributed by atoms with Crippen LogP contribution in [0.25, 0.3) is 16.8 Å². The zero-order chi connectivity index (χ0) is 20.5. The second-order valence-electron chi connectivity index (χ2n) is 8.05. The van der Waals surface area contributed by atoms with E-state index in [4.69, 9.17) is 11.5 Å². The summed E-state index contributed by atoms with van der Waals surface area (Å²) in [6, 6.07) is 19.1. The molecule has 152 valence electrons. The molecule has 1 saturated carbocycles. The van der Waals surface area contributed by atoms with Gasteiger partial charge in [-0.15, -0.1) is 5.10 Å². The molecule has 0 amide bonds. The van der Waals surface area contributed by atoms with E-state index in [-0.39, 0.29) is 6.04 Å². The van der Waals surface area contributed by atoms with Gasteiger partial charge in [0.05, 0.1) is 5.69 Å². The summed E-state index contributed by atoms with van der Waals surface area (Å²) in [5, 5.41) is 8.14. The normalized spacial score (nSPS) is 19.1. The molecular formula is C24H26N6. The Bertz CT molecular complexity index is 1140. The van der Waals surface area contributed by atoms with Gasteiger partial charge in [0.15, 0.2) is 5.65 Å². The average molecular weight is 399 g/mol. The quantitative estimate of drug-likeness (QED) is 0.463. The maximum Gasteiger partial charge on any atom is 0.177 e. The average Bonchev–Trinajstić information content (AvgIpc) is 3.24. The number of fused-ring (bicyclic) bond motifs is 1. The lowest BCUT2D eigenvalue weighted by molar-refractivity contribution is 0.396. The smallest absolute Gasteiger partial charge is 0.177 e. The van der Waals surface area contributed by atoms with E-state index in [1.807, 2.05) is 12.3 Å². The van der Waals surface area contributed by atoms with E-state index >= 15 is 0 Å². The monoisotopic (exact) mass is 398 g/mol. The minimum atomic E-state index is 0.285. The fourth-order valence-corrected chi connectivity index (χ4v) is 4.44. The molecule has 0 bridgehead atoms. The molecule has 2 aromatic carbocycles. The van der Waals surface area contributed by atoms with E-state index in [1.165, 1.54) is 11.1 Å². The number of aromatic nitrogens is 3. The first-order valence-corrected chi connectivity index (χ1v) is 10.5. The number of anilines is 3. The summed E-state index contributed by atoms with van der Waals surface area (Å²) in [7, 11) is 0. The molecule has 4 aromatic rings. The van der Waals surface area contributed by atoms with Crippen LogP contribution in [0, 0.1) is 0 Å². The number of hydrogen-bond donors (Lipinski definition) is 3. The van der Waals surface area contributed by atoms with Crippen molar-refractivity contribution in [2.75, 3.05) is 11.1 Å². The lowest BCUT2D eigenvalue weighted by atomic mass is 9.81. The molecular weight excluding hydrogens is 372 g/mol. The Hall–Kier alpha value is -3.38. The van der Waals surface area contributed by atoms with Crippen molar-refractivity contribution in [3.63, 3.8) is 0 Å². The first-order chi connectivity index (χ1) is 14.7. The zero-order valence-electron chi connectivity index (χ0n) is 16.8. The van der Waals surface area contributed by atoms with Gasteiger partial charge in [0.2, 0.25) is 0 Å². The second-order valence-corrected chi connectivity index (χ2v) is 8.05. The van der Waals surface area contributed by atoms with Crippen LogP contribution in [0.15, 0.2) is 67.0 Å². The van der Waals surface area contributed by atoms with Crippen LogP contribution in [0.5, 0.6) is 0 Å². The maximum atomic E-state index is 6.43. The van der Waals surface area contributed by atoms with Crippen LogP contribution < -0.4 is 16.8 Å². The molecule has 0 spiro atoms. The number of imidazole rings is 1. The van der Waals surface area contributed by atoms with Gasteiger partial charge >= 0.3 is 0 Å².